The van der Waals surface area contributed by atoms with E-state index < -0.39 is 23.9 Å². The van der Waals surface area contributed by atoms with Crippen molar-refractivity contribution in [1.82, 2.24) is 59.5 Å². The van der Waals surface area contributed by atoms with Gasteiger partial charge in [-0.1, -0.05) is 139 Å². The topological polar surface area (TPSA) is 408 Å². The number of halogens is 3. The van der Waals surface area contributed by atoms with E-state index in [2.05, 4.69) is 192 Å². The van der Waals surface area contributed by atoms with Gasteiger partial charge in [0.25, 0.3) is 22.2 Å². The average Bonchev–Trinajstić information content (AvgIpc) is 0.767. The molecule has 141 heavy (non-hydrogen) atoms. The van der Waals surface area contributed by atoms with Crippen LogP contribution in [-0.4, -0.2) is 182 Å². The predicted octanol–water partition coefficient (Wildman–Crippen LogP) is 12.9. The van der Waals surface area contributed by atoms with Gasteiger partial charge in [-0.2, -0.15) is 0 Å². The third-order valence-electron chi connectivity index (χ3n) is 24.9. The molecule has 0 bridgehead atoms. The van der Waals surface area contributed by atoms with E-state index in [0.29, 0.717) is 178 Å². The molecule has 734 valence electrons. The number of carboxylic acid groups (broad SMARTS) is 4. The van der Waals surface area contributed by atoms with Crippen molar-refractivity contribution in [1.29, 1.82) is 0 Å². The molecule has 4 aliphatic rings. The Bertz CT molecular complexity index is 7240. The van der Waals surface area contributed by atoms with Gasteiger partial charge in [-0.15, -0.1) is 0 Å². The zero-order valence-corrected chi connectivity index (χ0v) is 83.0. The second-order valence-corrected chi connectivity index (χ2v) is 37.0. The summed E-state index contributed by atoms with van der Waals surface area (Å²) in [6, 6.07) is 48.0. The lowest BCUT2D eigenvalue weighted by Crippen LogP contribution is -2.44. The van der Waals surface area contributed by atoms with E-state index in [4.69, 9.17) is 55.2 Å². The summed E-state index contributed by atoms with van der Waals surface area (Å²) in [5.41, 5.74) is 20.8. The van der Waals surface area contributed by atoms with E-state index in [1.165, 1.54) is 16.7 Å². The minimum atomic E-state index is -0.831. The second kappa shape index (κ2) is 47.6. The lowest BCUT2D eigenvalue weighted by atomic mass is 10.1. The maximum absolute atomic E-state index is 12.7. The summed E-state index contributed by atoms with van der Waals surface area (Å²) in [4.78, 5) is 159. The van der Waals surface area contributed by atoms with Crippen LogP contribution in [0.2, 0.25) is 15.1 Å². The Morgan fingerprint density at radius 2 is 0.574 bits per heavy atom. The average molecular weight is 1970 g/mol. The van der Waals surface area contributed by atoms with Gasteiger partial charge in [0.1, 0.15) is 21.9 Å². The summed E-state index contributed by atoms with van der Waals surface area (Å²) in [6.45, 7) is 43.6. The number of aliphatic carboxylic acids is 4. The number of nitrogens with zero attached hydrogens (tertiary/aromatic N) is 16. The molecule has 4 aliphatic heterocycles. The van der Waals surface area contributed by atoms with Crippen molar-refractivity contribution < 1.29 is 39.6 Å². The zero-order valence-electron chi connectivity index (χ0n) is 80.7. The molecule has 8 aromatic carbocycles. The third kappa shape index (κ3) is 27.7. The normalized spacial score (nSPS) is 12.3. The van der Waals surface area contributed by atoms with Gasteiger partial charge in [-0.05, 0) is 260 Å². The Morgan fingerprint density at radius 3 is 0.872 bits per heavy atom. The number of aromatic nitrogens is 8. The maximum atomic E-state index is 12.7. The highest BCUT2D eigenvalue weighted by molar-refractivity contribution is 6.42. The van der Waals surface area contributed by atoms with Crippen molar-refractivity contribution in [2.45, 2.75) is 146 Å². The third-order valence-corrected chi connectivity index (χ3v) is 25.9. The van der Waals surface area contributed by atoms with Gasteiger partial charge in [0.2, 0.25) is 0 Å². The largest absolute Gasteiger partial charge is 0.481 e. The van der Waals surface area contributed by atoms with Crippen molar-refractivity contribution in [2.75, 3.05) is 98.1 Å². The summed E-state index contributed by atoms with van der Waals surface area (Å²) in [6.07, 6.45) is 3.49. The minimum absolute atomic E-state index is 0.0758. The summed E-state index contributed by atoms with van der Waals surface area (Å²) < 4.78 is 0. The van der Waals surface area contributed by atoms with Crippen molar-refractivity contribution >= 4 is 154 Å². The number of hydrogen-bond acceptors (Lipinski definition) is 24. The summed E-state index contributed by atoms with van der Waals surface area (Å²) in [5.74, 6) is -1.26. The van der Waals surface area contributed by atoms with Crippen molar-refractivity contribution in [3.63, 3.8) is 0 Å². The molecule has 0 amide bonds. The van der Waals surface area contributed by atoms with Crippen LogP contribution in [0.5, 0.6) is 0 Å². The molecule has 16 rings (SSSR count). The Morgan fingerprint density at radius 1 is 0.312 bits per heavy atom. The predicted molar refractivity (Wildman–Crippen MR) is 554 cm³/mol. The van der Waals surface area contributed by atoms with E-state index in [1.807, 2.05) is 135 Å². The first kappa shape index (κ1) is 104. The Labute approximate surface area is 829 Å². The molecule has 0 fully saturated rings. The van der Waals surface area contributed by atoms with Gasteiger partial charge in [0.15, 0.2) is 44.7 Å². The standard InChI is InChI=1S/2C27H31N5O3.C26H27Cl2N5O3.C26H28ClN5O3/c1-17-7-9-21(10-8-17)16-31(11-5-6-24(33)34)12-13-32-23-15-19(3)18(2)14-22(23)30-25-26(32)28-20(4)29-27(25)35;1-18-15-22-23(16-19(18)2)32(26-25(30-22)27(35)29-20(3)28-26)14-13-31(12-8-7-11-24(33)34)17-21-9-5-4-6-10-21;1-15-11-21-22(12-16(15)2)33(25-24(31-21)26(36)30-17(3)29-25)10-9-32(8-4-5-23(34)35)14-18-6-7-19(27)20(28)13-18;1-16-13-21-22(14-17(16)2)32(25-24(30-21)26(35)29-18(3)28-25)12-11-31(10-4-5-23(33)34)15-19-6-8-20(27)9-7-19/h7-10,14-15H,4-6,11-13,16H2,1-3H3,(H,29,35)(H,33,34);4-6,9-10,15-16H,3,7-8,11-14,17H2,1-2H3,(H,29,35)(H,33,34);6-7,11-13H,3-5,8-10,14H2,1-2H3,(H,30,36)(H,34,35);6-9,13-14H,3-5,10-12,15H2,1-2H3,(H,29,35)(H,33,34). The molecule has 0 unspecified atom stereocenters. The van der Waals surface area contributed by atoms with Gasteiger partial charge < -0.3 is 60.0 Å². The molecule has 0 radical (unpaired) electrons. The SMILES string of the molecule is C=c1nc2c(c(=O)[nH]1)=Nc1cc(C)c(C)cc1N2CCN(CCCC(=O)O)Cc1ccc(C)cc1.C=c1nc2c(c(=O)[nH]1)=Nc1cc(C)c(C)cc1N2CCN(CCCC(=O)O)Cc1ccc(Cl)c(Cl)c1.C=c1nc2c(c(=O)[nH]1)=Nc1cc(C)c(C)cc1N2CCN(CCCC(=O)O)Cc1ccc(Cl)cc1.C=c1nc2c(c(=O)[nH]1)=Nc1cc(C)c(C)cc1N2CCN(CCCCC(=O)O)Cc1ccccc1. The molecule has 0 saturated heterocycles. The molecule has 0 atom stereocenters. The highest BCUT2D eigenvalue weighted by Gasteiger charge is 2.31. The molecule has 8 N–H and O–H groups in total. The number of H-pyrrole nitrogens is 4. The quantitative estimate of drug-likeness (QED) is 0.0168. The fraction of sp³-hybridized carbons (Fsp3) is 0.321. The summed E-state index contributed by atoms with van der Waals surface area (Å²) in [5, 5.41) is 39.0. The molecule has 0 saturated carbocycles. The van der Waals surface area contributed by atoms with Crippen molar-refractivity contribution in [3.05, 3.63) is 318 Å². The fourth-order valence-corrected chi connectivity index (χ4v) is 17.4. The van der Waals surface area contributed by atoms with Crippen LogP contribution in [0.4, 0.5) is 68.8 Å². The van der Waals surface area contributed by atoms with Crippen LogP contribution >= 0.6 is 34.8 Å². The Balaban J connectivity index is 0.000000158. The van der Waals surface area contributed by atoms with Gasteiger partial charge in [0.05, 0.1) is 55.5 Å². The molecular formula is C106H117Cl3N20O12. The fourth-order valence-electron chi connectivity index (χ4n) is 16.9. The number of hydrogen-bond donors (Lipinski definition) is 8. The number of benzene rings is 8. The van der Waals surface area contributed by atoms with E-state index >= 15 is 0 Å². The zero-order chi connectivity index (χ0) is 101. The Hall–Kier alpha value is -14.3. The van der Waals surface area contributed by atoms with Gasteiger partial charge >= 0.3 is 23.9 Å². The number of aromatic amines is 4. The van der Waals surface area contributed by atoms with Crippen LogP contribution in [-0.2, 0) is 45.4 Å². The molecule has 0 spiro atoms. The number of carboxylic acids is 4. The lowest BCUT2D eigenvalue weighted by Gasteiger charge is -2.31. The van der Waals surface area contributed by atoms with Crippen LogP contribution in [0.1, 0.15) is 130 Å². The number of rotatable bonds is 37. The van der Waals surface area contributed by atoms with E-state index in [9.17, 15) is 38.4 Å². The summed E-state index contributed by atoms with van der Waals surface area (Å²) in [7, 11) is 0. The maximum Gasteiger partial charge on any atom is 0.303 e. The monoisotopic (exact) mass is 1970 g/mol. The molecule has 0 aliphatic carbocycles. The van der Waals surface area contributed by atoms with Crippen LogP contribution in [0, 0.1) is 62.3 Å². The number of unbranched alkanes of at least 4 members (excludes halogenated alkanes) is 1. The number of aryl methyl sites for hydroxylation is 9. The molecule has 4 aromatic heterocycles. The molecule has 35 heteroatoms. The van der Waals surface area contributed by atoms with Gasteiger partial charge in [0, 0.05) is 109 Å². The lowest BCUT2D eigenvalue weighted by molar-refractivity contribution is -0.138. The number of carbonyl (C=O) groups is 4. The highest BCUT2D eigenvalue weighted by atomic mass is 35.5. The first-order valence-electron chi connectivity index (χ1n) is 46.7. The molecule has 12 aromatic rings. The van der Waals surface area contributed by atoms with Crippen molar-refractivity contribution in [3.8, 4) is 0 Å². The first-order valence-corrected chi connectivity index (χ1v) is 47.8. The molecular weight excluding hydrogens is 1850 g/mol. The van der Waals surface area contributed by atoms with Gasteiger partial charge in [-0.3, -0.25) is 58.0 Å². The van der Waals surface area contributed by atoms with Crippen LogP contribution in [0.3, 0.4) is 0 Å². The van der Waals surface area contributed by atoms with Crippen LogP contribution in [0.25, 0.3) is 26.3 Å². The number of fused-ring (bicyclic) bond motifs is 8. The summed E-state index contributed by atoms with van der Waals surface area (Å²) >= 11 is 18.3. The smallest absolute Gasteiger partial charge is 0.303 e. The van der Waals surface area contributed by atoms with Crippen LogP contribution < -0.4 is 85.2 Å². The second-order valence-electron chi connectivity index (χ2n) is 35.8. The number of nitrogens with one attached hydrogen (secondary N) is 4. The molecule has 32 nitrogen and oxygen atoms in total. The number of anilines is 8. The van der Waals surface area contributed by atoms with E-state index in [0.717, 1.165) is 115 Å². The molecule has 8 heterocycles. The first-order chi connectivity index (χ1) is 67.3. The van der Waals surface area contributed by atoms with Crippen molar-refractivity contribution in [2.24, 2.45) is 20.0 Å². The Kier molecular flexibility index (Phi) is 35.2. The van der Waals surface area contributed by atoms with Crippen LogP contribution in [0.15, 0.2) is 185 Å². The van der Waals surface area contributed by atoms with E-state index in [-0.39, 0.29) is 75.0 Å². The van der Waals surface area contributed by atoms with E-state index in [1.54, 1.807) is 6.07 Å². The minimum Gasteiger partial charge on any atom is -0.481 e. The van der Waals surface area contributed by atoms with Gasteiger partial charge in [-0.25, -0.2) is 39.9 Å². The highest BCUT2D eigenvalue weighted by Crippen LogP contribution is 2.42.